The summed E-state index contributed by atoms with van der Waals surface area (Å²) in [6.45, 7) is 6.30. The molecule has 22 heavy (non-hydrogen) atoms. The summed E-state index contributed by atoms with van der Waals surface area (Å²) < 4.78 is 5.77. The van der Waals surface area contributed by atoms with Gasteiger partial charge in [0.15, 0.2) is 0 Å². The molecule has 0 aromatic heterocycles. The largest absolute Gasteiger partial charge is 0.376 e. The van der Waals surface area contributed by atoms with E-state index in [1.807, 2.05) is 60.7 Å². The number of hydrogen-bond donors (Lipinski definition) is 0. The molecule has 2 nitrogen and oxygen atoms in total. The summed E-state index contributed by atoms with van der Waals surface area (Å²) in [7, 11) is -0.252. The molecule has 0 aliphatic heterocycles. The summed E-state index contributed by atoms with van der Waals surface area (Å²) in [6.07, 6.45) is -0.247. The molecular weight excluding hydrogens is 288 g/mol. The molecule has 2 atom stereocenters. The molecule has 0 saturated carbocycles. The number of hydrogen-bond acceptors (Lipinski definition) is 2. The van der Waals surface area contributed by atoms with E-state index in [1.54, 1.807) is 7.11 Å². The zero-order valence-electron chi connectivity index (χ0n) is 13.7. The average molecular weight is 312 g/mol. The van der Waals surface area contributed by atoms with Crippen LogP contribution in [0.1, 0.15) is 23.1 Å². The second-order valence-corrected chi connectivity index (χ2v) is 11.6. The van der Waals surface area contributed by atoms with Gasteiger partial charge in [-0.05, 0) is 11.1 Å². The molecule has 0 amide bonds. The Kier molecular flexibility index (Phi) is 5.32. The predicted molar refractivity (Wildman–Crippen MR) is 93.7 cm³/mol. The van der Waals surface area contributed by atoms with Gasteiger partial charge in [0.25, 0.3) is 0 Å². The molecule has 0 bridgehead atoms. The number of benzene rings is 2. The van der Waals surface area contributed by atoms with Crippen LogP contribution in [0.2, 0.25) is 19.6 Å². The van der Waals surface area contributed by atoms with Gasteiger partial charge in [0.1, 0.15) is 13.5 Å². The Labute approximate surface area is 134 Å². The van der Waals surface area contributed by atoms with Crippen molar-refractivity contribution in [3.63, 3.8) is 0 Å². The second-order valence-electron chi connectivity index (χ2n) is 6.57. The number of carbonyl (C=O) groups excluding carboxylic acids is 1. The van der Waals surface area contributed by atoms with Gasteiger partial charge >= 0.3 is 0 Å². The van der Waals surface area contributed by atoms with Crippen LogP contribution in [-0.4, -0.2) is 20.6 Å². The molecule has 0 spiro atoms. The first-order valence-electron chi connectivity index (χ1n) is 7.62. The SMILES string of the molecule is CO[C@H](c1ccccc1)[C@H](C(=O)[Si](C)(C)C)c1ccccc1. The highest BCUT2D eigenvalue weighted by molar-refractivity contribution is 7.04. The van der Waals surface area contributed by atoms with Crippen molar-refractivity contribution in [3.05, 3.63) is 71.8 Å². The Balaban J connectivity index is 2.50. The van der Waals surface area contributed by atoms with Crippen LogP contribution in [0.25, 0.3) is 0 Å². The van der Waals surface area contributed by atoms with Crippen LogP contribution in [0.15, 0.2) is 60.7 Å². The molecule has 2 rings (SSSR count). The van der Waals surface area contributed by atoms with Gasteiger partial charge in [-0.2, -0.15) is 0 Å². The fourth-order valence-electron chi connectivity index (χ4n) is 2.70. The van der Waals surface area contributed by atoms with Gasteiger partial charge in [-0.1, -0.05) is 80.3 Å². The smallest absolute Gasteiger partial charge is 0.124 e. The lowest BCUT2D eigenvalue weighted by Gasteiger charge is -2.30. The highest BCUT2D eigenvalue weighted by Gasteiger charge is 2.38. The van der Waals surface area contributed by atoms with E-state index in [0.717, 1.165) is 11.1 Å². The molecule has 0 aliphatic carbocycles. The Hall–Kier alpha value is -1.71. The van der Waals surface area contributed by atoms with Crippen molar-refractivity contribution in [3.8, 4) is 0 Å². The van der Waals surface area contributed by atoms with Crippen molar-refractivity contribution in [1.82, 2.24) is 0 Å². The second kappa shape index (κ2) is 7.03. The molecule has 0 saturated heterocycles. The number of ether oxygens (including phenoxy) is 1. The van der Waals surface area contributed by atoms with Crippen LogP contribution in [0.5, 0.6) is 0 Å². The van der Waals surface area contributed by atoms with Crippen LogP contribution in [0.4, 0.5) is 0 Å². The van der Waals surface area contributed by atoms with Gasteiger partial charge in [0.2, 0.25) is 0 Å². The van der Waals surface area contributed by atoms with E-state index in [4.69, 9.17) is 4.74 Å². The van der Waals surface area contributed by atoms with E-state index >= 15 is 0 Å². The van der Waals surface area contributed by atoms with Crippen molar-refractivity contribution in [2.45, 2.75) is 31.7 Å². The maximum atomic E-state index is 13.1. The molecule has 2 aromatic carbocycles. The van der Waals surface area contributed by atoms with Gasteiger partial charge in [0, 0.05) is 7.11 Å². The van der Waals surface area contributed by atoms with Gasteiger partial charge in [-0.3, -0.25) is 0 Å². The fraction of sp³-hybridized carbons (Fsp3) is 0.316. The zero-order valence-corrected chi connectivity index (χ0v) is 14.7. The van der Waals surface area contributed by atoms with Crippen LogP contribution >= 0.6 is 0 Å². The van der Waals surface area contributed by atoms with Gasteiger partial charge in [-0.15, -0.1) is 0 Å². The first-order chi connectivity index (χ1) is 10.4. The van der Waals surface area contributed by atoms with E-state index in [9.17, 15) is 4.79 Å². The lowest BCUT2D eigenvalue weighted by atomic mass is 9.90. The third-order valence-corrected chi connectivity index (χ3v) is 5.65. The molecule has 0 fully saturated rings. The van der Waals surface area contributed by atoms with Gasteiger partial charge < -0.3 is 9.53 Å². The minimum atomic E-state index is -1.94. The Bertz CT molecular complexity index is 602. The van der Waals surface area contributed by atoms with E-state index in [1.165, 1.54) is 0 Å². The number of rotatable bonds is 6. The van der Waals surface area contributed by atoms with Crippen molar-refractivity contribution in [1.29, 1.82) is 0 Å². The first-order valence-corrected chi connectivity index (χ1v) is 11.1. The molecule has 0 heterocycles. The highest BCUT2D eigenvalue weighted by Crippen LogP contribution is 2.36. The number of carbonyl (C=O) groups is 1. The Morgan fingerprint density at radius 3 is 1.73 bits per heavy atom. The van der Waals surface area contributed by atoms with Gasteiger partial charge in [0.05, 0.1) is 12.0 Å². The van der Waals surface area contributed by atoms with Crippen molar-refractivity contribution in [2.75, 3.05) is 7.11 Å². The van der Waals surface area contributed by atoms with Crippen LogP contribution in [0.3, 0.4) is 0 Å². The average Bonchev–Trinajstić information content (AvgIpc) is 2.52. The van der Waals surface area contributed by atoms with Gasteiger partial charge in [-0.25, -0.2) is 0 Å². The van der Waals surface area contributed by atoms with E-state index in [-0.39, 0.29) is 12.0 Å². The van der Waals surface area contributed by atoms with Crippen LogP contribution < -0.4 is 0 Å². The third-order valence-electron chi connectivity index (χ3n) is 3.87. The minimum Gasteiger partial charge on any atom is -0.376 e. The molecule has 116 valence electrons. The van der Waals surface area contributed by atoms with E-state index in [2.05, 4.69) is 19.6 Å². The monoisotopic (exact) mass is 312 g/mol. The van der Waals surface area contributed by atoms with E-state index < -0.39 is 8.07 Å². The maximum Gasteiger partial charge on any atom is 0.124 e. The summed E-state index contributed by atoms with van der Waals surface area (Å²) >= 11 is 0. The summed E-state index contributed by atoms with van der Waals surface area (Å²) in [6, 6.07) is 20.0. The Morgan fingerprint density at radius 2 is 1.32 bits per heavy atom. The molecular formula is C19H24O2Si. The van der Waals surface area contributed by atoms with Crippen molar-refractivity contribution >= 4 is 13.5 Å². The van der Waals surface area contributed by atoms with Crippen molar-refractivity contribution in [2.24, 2.45) is 0 Å². The molecule has 0 aliphatic rings. The molecule has 2 aromatic rings. The molecule has 0 unspecified atom stereocenters. The summed E-state index contributed by atoms with van der Waals surface area (Å²) in [4.78, 5) is 13.1. The fourth-order valence-corrected chi connectivity index (χ4v) is 3.95. The Morgan fingerprint density at radius 1 is 0.864 bits per heavy atom. The van der Waals surface area contributed by atoms with Crippen LogP contribution in [-0.2, 0) is 9.53 Å². The topological polar surface area (TPSA) is 26.3 Å². The normalized spacial score (nSPS) is 14.4. The lowest BCUT2D eigenvalue weighted by Crippen LogP contribution is -2.40. The zero-order chi connectivity index (χ0) is 16.2. The summed E-state index contributed by atoms with van der Waals surface area (Å²) in [5.41, 5.74) is 2.08. The third kappa shape index (κ3) is 3.73. The first kappa shape index (κ1) is 16.7. The standard InChI is InChI=1S/C19H24O2Si/c1-21-18(16-13-9-6-10-14-16)17(19(20)22(2,3)4)15-11-7-5-8-12-15/h5-14,17-18H,1-4H3/t17-,18-/m1/s1. The predicted octanol–water partition coefficient (Wildman–Crippen LogP) is 4.60. The molecule has 0 N–H and O–H groups in total. The van der Waals surface area contributed by atoms with Crippen LogP contribution in [0, 0.1) is 0 Å². The van der Waals surface area contributed by atoms with Crippen molar-refractivity contribution < 1.29 is 9.53 Å². The lowest BCUT2D eigenvalue weighted by molar-refractivity contribution is -0.117. The highest BCUT2D eigenvalue weighted by atomic mass is 28.3. The van der Waals surface area contributed by atoms with E-state index in [0.29, 0.717) is 5.41 Å². The summed E-state index contributed by atoms with van der Waals surface area (Å²) in [5.74, 6) is -0.250. The quantitative estimate of drug-likeness (QED) is 0.728. The maximum absolute atomic E-state index is 13.1. The minimum absolute atomic E-state index is 0.247. The summed E-state index contributed by atoms with van der Waals surface area (Å²) in [5, 5.41) is 0.328. The molecule has 3 heteroatoms. The molecule has 0 radical (unpaired) electrons. The number of methoxy groups -OCH3 is 1.